The van der Waals surface area contributed by atoms with Gasteiger partial charge in [-0.3, -0.25) is 0 Å². The Bertz CT molecular complexity index is 880. The third-order valence-electron chi connectivity index (χ3n) is 3.63. The second-order valence-electron chi connectivity index (χ2n) is 5.23. The van der Waals surface area contributed by atoms with Crippen LogP contribution in [0, 0.1) is 5.82 Å². The van der Waals surface area contributed by atoms with Gasteiger partial charge in [-0.1, -0.05) is 18.2 Å². The van der Waals surface area contributed by atoms with E-state index in [9.17, 15) is 9.18 Å². The zero-order chi connectivity index (χ0) is 17.8. The second-order valence-corrected chi connectivity index (χ2v) is 5.23. The van der Waals surface area contributed by atoms with Crippen LogP contribution in [0.4, 0.5) is 20.6 Å². The van der Waals surface area contributed by atoms with Gasteiger partial charge in [0.15, 0.2) is 5.82 Å². The van der Waals surface area contributed by atoms with Crippen LogP contribution in [0.1, 0.15) is 5.56 Å². The lowest BCUT2D eigenvalue weighted by atomic mass is 10.2. The van der Waals surface area contributed by atoms with E-state index in [2.05, 4.69) is 5.10 Å². The summed E-state index contributed by atoms with van der Waals surface area (Å²) in [5.74, 6) is -0.560. The van der Waals surface area contributed by atoms with Gasteiger partial charge in [0, 0.05) is 17.8 Å². The van der Waals surface area contributed by atoms with Crippen LogP contribution in [0.5, 0.6) is 0 Å². The summed E-state index contributed by atoms with van der Waals surface area (Å²) in [6.07, 6.45) is 2.37. The van der Waals surface area contributed by atoms with Crippen molar-refractivity contribution >= 4 is 17.5 Å². The lowest BCUT2D eigenvalue weighted by Gasteiger charge is -2.21. The molecular weight excluding hydrogens is 325 g/mol. The molecule has 128 valence electrons. The molecule has 1 N–H and O–H groups in total. The van der Waals surface area contributed by atoms with Crippen molar-refractivity contribution in [3.8, 4) is 5.69 Å². The van der Waals surface area contributed by atoms with Gasteiger partial charge in [-0.25, -0.2) is 18.8 Å². The van der Waals surface area contributed by atoms with E-state index in [4.69, 9.17) is 9.84 Å². The van der Waals surface area contributed by atoms with Crippen LogP contribution in [0.2, 0.25) is 0 Å². The number of aromatic nitrogens is 2. The number of carbonyl (C=O) groups excluding carboxylic acids is 1. The maximum absolute atomic E-state index is 14.6. The van der Waals surface area contributed by atoms with E-state index in [1.54, 1.807) is 30.3 Å². The first-order chi connectivity index (χ1) is 12.1. The molecule has 0 bridgehead atoms. The summed E-state index contributed by atoms with van der Waals surface area (Å²) in [5.41, 5.74) is 1.67. The third kappa shape index (κ3) is 3.36. The number of hydrogen-bond acceptors (Lipinski definition) is 4. The average molecular weight is 341 g/mol. The minimum Gasteiger partial charge on any atom is -0.452 e. The standard InChI is InChI=1S/C18H16FN3O3/c1-25-18(24)22(14-5-3-2-4-6-14)15-7-8-17(16(19)9-15)21-11-13(12-23)10-20-21/h2-11,23H,12H2,1H3. The van der Waals surface area contributed by atoms with E-state index in [0.29, 0.717) is 16.9 Å². The Morgan fingerprint density at radius 1 is 1.24 bits per heavy atom. The zero-order valence-corrected chi connectivity index (χ0v) is 13.5. The van der Waals surface area contributed by atoms with E-state index >= 15 is 0 Å². The molecule has 3 rings (SSSR count). The summed E-state index contributed by atoms with van der Waals surface area (Å²) in [5, 5.41) is 13.1. The Hall–Kier alpha value is -3.19. The molecule has 0 saturated carbocycles. The number of methoxy groups -OCH3 is 1. The van der Waals surface area contributed by atoms with Crippen LogP contribution in [0.15, 0.2) is 60.9 Å². The number of rotatable bonds is 4. The molecule has 25 heavy (non-hydrogen) atoms. The van der Waals surface area contributed by atoms with Gasteiger partial charge < -0.3 is 9.84 Å². The van der Waals surface area contributed by atoms with E-state index in [1.165, 1.54) is 41.2 Å². The number of amides is 1. The zero-order valence-electron chi connectivity index (χ0n) is 13.5. The lowest BCUT2D eigenvalue weighted by molar-refractivity contribution is 0.181. The summed E-state index contributed by atoms with van der Waals surface area (Å²) in [7, 11) is 1.27. The molecule has 7 heteroatoms. The minimum atomic E-state index is -0.625. The SMILES string of the molecule is COC(=O)N(c1ccccc1)c1ccc(-n2cc(CO)cn2)c(F)c1. The van der Waals surface area contributed by atoms with E-state index in [-0.39, 0.29) is 12.3 Å². The van der Waals surface area contributed by atoms with Crippen LogP contribution in [0.25, 0.3) is 5.69 Å². The molecule has 0 radical (unpaired) electrons. The predicted molar refractivity (Wildman–Crippen MR) is 90.4 cm³/mol. The topological polar surface area (TPSA) is 67.6 Å². The molecule has 0 aliphatic heterocycles. The molecule has 0 fully saturated rings. The van der Waals surface area contributed by atoms with Crippen molar-refractivity contribution in [3.63, 3.8) is 0 Å². The number of benzene rings is 2. The molecule has 1 heterocycles. The van der Waals surface area contributed by atoms with Crippen LogP contribution in [-0.4, -0.2) is 28.1 Å². The second kappa shape index (κ2) is 7.14. The molecule has 0 aliphatic rings. The fraction of sp³-hybridized carbons (Fsp3) is 0.111. The lowest BCUT2D eigenvalue weighted by Crippen LogP contribution is -2.25. The van der Waals surface area contributed by atoms with Crippen molar-refractivity contribution in [1.29, 1.82) is 0 Å². The van der Waals surface area contributed by atoms with Crippen molar-refractivity contribution in [2.24, 2.45) is 0 Å². The van der Waals surface area contributed by atoms with Gasteiger partial charge in [0.2, 0.25) is 0 Å². The molecular formula is C18H16FN3O3. The van der Waals surface area contributed by atoms with Gasteiger partial charge in [0.1, 0.15) is 5.69 Å². The Balaban J connectivity index is 2.01. The number of ether oxygens (including phenoxy) is 1. The number of para-hydroxylation sites is 1. The highest BCUT2D eigenvalue weighted by Gasteiger charge is 2.20. The number of nitrogens with zero attached hydrogens (tertiary/aromatic N) is 3. The van der Waals surface area contributed by atoms with Gasteiger partial charge in [-0.2, -0.15) is 5.10 Å². The molecule has 0 atom stereocenters. The Morgan fingerprint density at radius 2 is 2.00 bits per heavy atom. The van der Waals surface area contributed by atoms with Gasteiger partial charge in [0.25, 0.3) is 0 Å². The number of aliphatic hydroxyl groups excluding tert-OH is 1. The highest BCUT2D eigenvalue weighted by molar-refractivity contribution is 5.96. The van der Waals surface area contributed by atoms with Crippen molar-refractivity contribution in [3.05, 3.63) is 72.3 Å². The van der Waals surface area contributed by atoms with E-state index < -0.39 is 11.9 Å². The number of carbonyl (C=O) groups is 1. The third-order valence-corrected chi connectivity index (χ3v) is 3.63. The Kier molecular flexibility index (Phi) is 4.76. The van der Waals surface area contributed by atoms with Gasteiger partial charge >= 0.3 is 6.09 Å². The average Bonchev–Trinajstić information content (AvgIpc) is 3.11. The molecule has 0 aliphatic carbocycles. The highest BCUT2D eigenvalue weighted by atomic mass is 19.1. The van der Waals surface area contributed by atoms with Crippen LogP contribution >= 0.6 is 0 Å². The fourth-order valence-electron chi connectivity index (χ4n) is 2.42. The smallest absolute Gasteiger partial charge is 0.418 e. The Labute approximate surface area is 143 Å². The van der Waals surface area contributed by atoms with Gasteiger partial charge in [-0.15, -0.1) is 0 Å². The first-order valence-electron chi connectivity index (χ1n) is 7.51. The minimum absolute atomic E-state index is 0.177. The van der Waals surface area contributed by atoms with E-state index in [0.717, 1.165) is 0 Å². The molecule has 1 amide bonds. The van der Waals surface area contributed by atoms with Gasteiger partial charge in [-0.05, 0) is 24.3 Å². The van der Waals surface area contributed by atoms with Crippen molar-refractivity contribution < 1.29 is 19.0 Å². The van der Waals surface area contributed by atoms with E-state index in [1.807, 2.05) is 6.07 Å². The molecule has 1 aromatic heterocycles. The monoisotopic (exact) mass is 341 g/mol. The first-order valence-corrected chi connectivity index (χ1v) is 7.51. The largest absolute Gasteiger partial charge is 0.452 e. The van der Waals surface area contributed by atoms with Crippen LogP contribution in [-0.2, 0) is 11.3 Å². The molecule has 3 aromatic rings. The maximum atomic E-state index is 14.6. The number of aliphatic hydroxyl groups is 1. The molecule has 0 spiro atoms. The Morgan fingerprint density at radius 3 is 2.60 bits per heavy atom. The summed E-state index contributed by atoms with van der Waals surface area (Å²) in [4.78, 5) is 13.4. The highest BCUT2D eigenvalue weighted by Crippen LogP contribution is 2.28. The maximum Gasteiger partial charge on any atom is 0.418 e. The van der Waals surface area contributed by atoms with Crippen molar-refractivity contribution in [2.45, 2.75) is 6.61 Å². The summed E-state index contributed by atoms with van der Waals surface area (Å²) < 4.78 is 20.7. The first kappa shape index (κ1) is 16.7. The molecule has 0 unspecified atom stereocenters. The van der Waals surface area contributed by atoms with Crippen LogP contribution in [0.3, 0.4) is 0 Å². The number of anilines is 2. The van der Waals surface area contributed by atoms with Crippen molar-refractivity contribution in [2.75, 3.05) is 12.0 Å². The summed E-state index contributed by atoms with van der Waals surface area (Å²) >= 11 is 0. The van der Waals surface area contributed by atoms with Gasteiger partial charge in [0.05, 0.1) is 31.3 Å². The number of hydrogen-bond donors (Lipinski definition) is 1. The number of halogens is 1. The fourth-order valence-corrected chi connectivity index (χ4v) is 2.42. The molecule has 2 aromatic carbocycles. The van der Waals surface area contributed by atoms with Crippen LogP contribution < -0.4 is 4.90 Å². The summed E-state index contributed by atoms with van der Waals surface area (Å²) in [6.45, 7) is -0.177. The normalized spacial score (nSPS) is 10.5. The molecule has 0 saturated heterocycles. The summed E-state index contributed by atoms with van der Waals surface area (Å²) in [6, 6.07) is 13.2. The predicted octanol–water partition coefficient (Wildman–Crippen LogP) is 3.41. The van der Waals surface area contributed by atoms with Crippen molar-refractivity contribution in [1.82, 2.24) is 9.78 Å². The molecule has 6 nitrogen and oxygen atoms in total. The quantitative estimate of drug-likeness (QED) is 0.790.